The maximum Gasteiger partial charge on any atom is 0.416 e. The first kappa shape index (κ1) is 18.6. The van der Waals surface area contributed by atoms with Crippen molar-refractivity contribution in [2.75, 3.05) is 7.11 Å². The summed E-state index contributed by atoms with van der Waals surface area (Å²) in [6, 6.07) is 11.5. The summed E-state index contributed by atoms with van der Waals surface area (Å²) in [5, 5.41) is 0. The fraction of sp³-hybridized carbons (Fsp3) is 0.100. The van der Waals surface area contributed by atoms with E-state index in [1.807, 2.05) is 0 Å². The summed E-state index contributed by atoms with van der Waals surface area (Å²) in [6.45, 7) is 0. The van der Waals surface area contributed by atoms with E-state index in [1.54, 1.807) is 24.3 Å². The summed E-state index contributed by atoms with van der Waals surface area (Å²) in [5.74, 6) is 1.02. The van der Waals surface area contributed by atoms with Crippen LogP contribution >= 0.6 is 0 Å². The van der Waals surface area contributed by atoms with Crippen LogP contribution in [-0.2, 0) is 6.18 Å². The highest BCUT2D eigenvalue weighted by Crippen LogP contribution is 2.32. The van der Waals surface area contributed by atoms with Crippen LogP contribution in [0.5, 0.6) is 17.5 Å². The third kappa shape index (κ3) is 3.93. The molecule has 2 aromatic heterocycles. The Morgan fingerprint density at radius 2 is 1.69 bits per heavy atom. The molecule has 0 atom stereocenters. The number of alkyl halides is 3. The van der Waals surface area contributed by atoms with Gasteiger partial charge in [0, 0.05) is 11.6 Å². The van der Waals surface area contributed by atoms with Crippen molar-refractivity contribution >= 4 is 11.0 Å². The van der Waals surface area contributed by atoms with Crippen LogP contribution in [0.15, 0.2) is 61.1 Å². The molecule has 0 aliphatic carbocycles. The molecular formula is C20H13F3N4O2. The molecule has 0 bridgehead atoms. The van der Waals surface area contributed by atoms with Crippen LogP contribution in [0.4, 0.5) is 13.2 Å². The summed E-state index contributed by atoms with van der Waals surface area (Å²) in [7, 11) is 1.50. The SMILES string of the molecule is COc1cnc2c(Oc3cc(-c4ccc(C(F)(F)F)cc4)ncn3)cccc2n1. The third-order valence-corrected chi connectivity index (χ3v) is 4.09. The first-order valence-corrected chi connectivity index (χ1v) is 8.41. The number of halogens is 3. The van der Waals surface area contributed by atoms with Crippen LogP contribution in [0, 0.1) is 0 Å². The highest BCUT2D eigenvalue weighted by Gasteiger charge is 2.30. The fourth-order valence-electron chi connectivity index (χ4n) is 2.67. The second kappa shape index (κ2) is 7.34. The highest BCUT2D eigenvalue weighted by molar-refractivity contribution is 5.81. The topological polar surface area (TPSA) is 70.0 Å². The van der Waals surface area contributed by atoms with Crippen LogP contribution in [0.2, 0.25) is 0 Å². The largest absolute Gasteiger partial charge is 0.480 e. The Morgan fingerprint density at radius 1 is 0.897 bits per heavy atom. The van der Waals surface area contributed by atoms with Gasteiger partial charge in [0.15, 0.2) is 5.75 Å². The zero-order chi connectivity index (χ0) is 20.4. The summed E-state index contributed by atoms with van der Waals surface area (Å²) in [6.07, 6.45) is -1.64. The molecule has 0 amide bonds. The maximum atomic E-state index is 12.7. The normalized spacial score (nSPS) is 11.4. The van der Waals surface area contributed by atoms with E-state index in [2.05, 4.69) is 19.9 Å². The lowest BCUT2D eigenvalue weighted by molar-refractivity contribution is -0.137. The minimum absolute atomic E-state index is 0.222. The molecule has 0 saturated heterocycles. The molecule has 2 aromatic carbocycles. The zero-order valence-corrected chi connectivity index (χ0v) is 15.0. The van der Waals surface area contributed by atoms with Crippen molar-refractivity contribution in [1.29, 1.82) is 0 Å². The average molecular weight is 398 g/mol. The predicted molar refractivity (Wildman–Crippen MR) is 98.6 cm³/mol. The van der Waals surface area contributed by atoms with Gasteiger partial charge in [-0.05, 0) is 24.3 Å². The number of benzene rings is 2. The van der Waals surface area contributed by atoms with Crippen LogP contribution in [0.3, 0.4) is 0 Å². The Labute approximate surface area is 163 Å². The maximum absolute atomic E-state index is 12.7. The van der Waals surface area contributed by atoms with Crippen molar-refractivity contribution in [3.8, 4) is 28.8 Å². The van der Waals surface area contributed by atoms with E-state index in [4.69, 9.17) is 9.47 Å². The Hall–Kier alpha value is -3.75. The van der Waals surface area contributed by atoms with Gasteiger partial charge in [0.1, 0.15) is 11.8 Å². The zero-order valence-electron chi connectivity index (χ0n) is 15.0. The van der Waals surface area contributed by atoms with Crippen molar-refractivity contribution in [1.82, 2.24) is 19.9 Å². The predicted octanol–water partition coefficient (Wildman–Crippen LogP) is 4.91. The van der Waals surface area contributed by atoms with Gasteiger partial charge in [-0.1, -0.05) is 18.2 Å². The van der Waals surface area contributed by atoms with Gasteiger partial charge in [0.2, 0.25) is 11.8 Å². The molecule has 0 spiro atoms. The lowest BCUT2D eigenvalue weighted by atomic mass is 10.1. The van der Waals surface area contributed by atoms with Crippen molar-refractivity contribution in [3.63, 3.8) is 0 Å². The molecule has 0 saturated carbocycles. The monoisotopic (exact) mass is 398 g/mol. The van der Waals surface area contributed by atoms with Crippen LogP contribution < -0.4 is 9.47 Å². The molecule has 9 heteroatoms. The summed E-state index contributed by atoms with van der Waals surface area (Å²) in [4.78, 5) is 16.8. The summed E-state index contributed by atoms with van der Waals surface area (Å²) >= 11 is 0. The molecule has 29 heavy (non-hydrogen) atoms. The van der Waals surface area contributed by atoms with Crippen molar-refractivity contribution < 1.29 is 22.6 Å². The minimum atomic E-state index is -4.39. The Balaban J connectivity index is 1.64. The van der Waals surface area contributed by atoms with E-state index in [1.165, 1.54) is 31.8 Å². The Kier molecular flexibility index (Phi) is 4.71. The van der Waals surface area contributed by atoms with Crippen molar-refractivity contribution in [3.05, 3.63) is 66.6 Å². The van der Waals surface area contributed by atoms with Gasteiger partial charge in [0.05, 0.1) is 30.1 Å². The van der Waals surface area contributed by atoms with Gasteiger partial charge in [-0.3, -0.25) is 0 Å². The highest BCUT2D eigenvalue weighted by atomic mass is 19.4. The molecule has 6 nitrogen and oxygen atoms in total. The first-order valence-electron chi connectivity index (χ1n) is 8.41. The quantitative estimate of drug-likeness (QED) is 0.487. The fourth-order valence-corrected chi connectivity index (χ4v) is 2.67. The second-order valence-electron chi connectivity index (χ2n) is 5.95. The minimum Gasteiger partial charge on any atom is -0.480 e. The van der Waals surface area contributed by atoms with Crippen LogP contribution in [0.25, 0.3) is 22.3 Å². The number of ether oxygens (including phenoxy) is 2. The Morgan fingerprint density at radius 3 is 2.41 bits per heavy atom. The van der Waals surface area contributed by atoms with E-state index in [-0.39, 0.29) is 5.88 Å². The van der Waals surface area contributed by atoms with E-state index in [0.717, 1.165) is 12.1 Å². The molecule has 0 unspecified atom stereocenters. The molecule has 4 aromatic rings. The van der Waals surface area contributed by atoms with Gasteiger partial charge in [-0.25, -0.2) is 19.9 Å². The number of methoxy groups -OCH3 is 1. The smallest absolute Gasteiger partial charge is 0.416 e. The first-order chi connectivity index (χ1) is 13.9. The number of hydrogen-bond acceptors (Lipinski definition) is 6. The van der Waals surface area contributed by atoms with Gasteiger partial charge in [-0.15, -0.1) is 0 Å². The lowest BCUT2D eigenvalue weighted by Gasteiger charge is -2.10. The van der Waals surface area contributed by atoms with Gasteiger partial charge < -0.3 is 9.47 Å². The standard InChI is InChI=1S/C20H13F3N4O2/c1-28-18-10-24-19-14(27-18)3-2-4-16(19)29-17-9-15(25-11-26-17)12-5-7-13(8-6-12)20(21,22)23/h2-11H,1H3. The van der Waals surface area contributed by atoms with E-state index in [9.17, 15) is 13.2 Å². The molecule has 146 valence electrons. The molecule has 0 aliphatic rings. The second-order valence-corrected chi connectivity index (χ2v) is 5.95. The summed E-state index contributed by atoms with van der Waals surface area (Å²) < 4.78 is 49.1. The molecule has 2 heterocycles. The number of nitrogens with zero attached hydrogens (tertiary/aromatic N) is 4. The molecule has 0 radical (unpaired) electrons. The molecular weight excluding hydrogens is 385 g/mol. The van der Waals surface area contributed by atoms with Crippen molar-refractivity contribution in [2.45, 2.75) is 6.18 Å². The number of aromatic nitrogens is 4. The number of fused-ring (bicyclic) bond motifs is 1. The van der Waals surface area contributed by atoms with E-state index in [0.29, 0.717) is 33.9 Å². The number of rotatable bonds is 4. The van der Waals surface area contributed by atoms with Crippen molar-refractivity contribution in [2.24, 2.45) is 0 Å². The number of para-hydroxylation sites is 1. The molecule has 0 N–H and O–H groups in total. The van der Waals surface area contributed by atoms with Gasteiger partial charge in [0.25, 0.3) is 0 Å². The lowest BCUT2D eigenvalue weighted by Crippen LogP contribution is -2.04. The van der Waals surface area contributed by atoms with E-state index >= 15 is 0 Å². The van der Waals surface area contributed by atoms with Crippen LogP contribution in [-0.4, -0.2) is 27.0 Å². The number of hydrogen-bond donors (Lipinski definition) is 0. The van der Waals surface area contributed by atoms with Gasteiger partial charge >= 0.3 is 6.18 Å². The average Bonchev–Trinajstić information content (AvgIpc) is 2.73. The Bertz CT molecular complexity index is 1160. The molecule has 0 aliphatic heterocycles. The molecule has 0 fully saturated rings. The third-order valence-electron chi connectivity index (χ3n) is 4.09. The van der Waals surface area contributed by atoms with E-state index < -0.39 is 11.7 Å². The van der Waals surface area contributed by atoms with Crippen LogP contribution in [0.1, 0.15) is 5.56 Å². The summed E-state index contributed by atoms with van der Waals surface area (Å²) in [5.41, 5.74) is 1.31. The molecule has 4 rings (SSSR count). The van der Waals surface area contributed by atoms with Gasteiger partial charge in [-0.2, -0.15) is 13.2 Å².